The Hall–Kier alpha value is -0.320. The minimum Gasteiger partial charge on any atom is -0.376 e. The first-order valence-corrected chi connectivity index (χ1v) is 7.83. The summed E-state index contributed by atoms with van der Waals surface area (Å²) in [7, 11) is 0. The molecule has 0 amide bonds. The smallest absolute Gasteiger partial charge is 0.0965 e. The Balaban J connectivity index is 2.05. The maximum Gasteiger partial charge on any atom is 0.0965 e. The highest BCUT2D eigenvalue weighted by atomic mass is 35.5. The molecular formula is C15H21Cl2NO2. The second-order valence-corrected chi connectivity index (χ2v) is 5.83. The number of rotatable bonds is 6. The molecule has 2 unspecified atom stereocenters. The van der Waals surface area contributed by atoms with E-state index < -0.39 is 0 Å². The molecule has 1 aliphatic rings. The van der Waals surface area contributed by atoms with Gasteiger partial charge in [0.25, 0.3) is 0 Å². The van der Waals surface area contributed by atoms with Gasteiger partial charge < -0.3 is 14.8 Å². The number of hydrogen-bond donors (Lipinski definition) is 1. The first-order chi connectivity index (χ1) is 9.70. The fraction of sp³-hybridized carbons (Fsp3) is 0.600. The molecule has 112 valence electrons. The Morgan fingerprint density at radius 1 is 1.35 bits per heavy atom. The van der Waals surface area contributed by atoms with E-state index >= 15 is 0 Å². The lowest BCUT2D eigenvalue weighted by Crippen LogP contribution is -2.48. The lowest BCUT2D eigenvalue weighted by atomic mass is 10.0. The molecule has 1 aromatic rings. The van der Waals surface area contributed by atoms with Gasteiger partial charge in [-0.05, 0) is 37.1 Å². The van der Waals surface area contributed by atoms with Gasteiger partial charge in [-0.25, -0.2) is 0 Å². The van der Waals surface area contributed by atoms with Crippen molar-refractivity contribution in [2.75, 3.05) is 26.4 Å². The molecule has 1 aromatic carbocycles. The van der Waals surface area contributed by atoms with Crippen LogP contribution in [-0.4, -0.2) is 38.5 Å². The molecular weight excluding hydrogens is 297 g/mol. The van der Waals surface area contributed by atoms with E-state index in [1.807, 2.05) is 12.1 Å². The summed E-state index contributed by atoms with van der Waals surface area (Å²) in [6.07, 6.45) is 1.96. The molecule has 3 nitrogen and oxygen atoms in total. The summed E-state index contributed by atoms with van der Waals surface area (Å²) < 4.78 is 11.3. The largest absolute Gasteiger partial charge is 0.376 e. The molecule has 0 aromatic heterocycles. The van der Waals surface area contributed by atoms with Gasteiger partial charge in [0.05, 0.1) is 25.9 Å². The van der Waals surface area contributed by atoms with Crippen LogP contribution in [0.2, 0.25) is 10.0 Å². The normalized spacial score (nSPS) is 20.9. The Morgan fingerprint density at radius 3 is 2.85 bits per heavy atom. The van der Waals surface area contributed by atoms with E-state index in [1.54, 1.807) is 6.07 Å². The van der Waals surface area contributed by atoms with Gasteiger partial charge in [-0.1, -0.05) is 36.2 Å². The molecule has 0 spiro atoms. The number of ether oxygens (including phenoxy) is 2. The van der Waals surface area contributed by atoms with Gasteiger partial charge in [0.2, 0.25) is 0 Å². The number of halogens is 2. The molecule has 1 aliphatic heterocycles. The summed E-state index contributed by atoms with van der Waals surface area (Å²) in [6.45, 7) is 5.07. The van der Waals surface area contributed by atoms with Crippen molar-refractivity contribution in [3.05, 3.63) is 33.8 Å². The van der Waals surface area contributed by atoms with Crippen LogP contribution in [0, 0.1) is 0 Å². The van der Waals surface area contributed by atoms with Crippen molar-refractivity contribution in [3.63, 3.8) is 0 Å². The molecule has 1 fully saturated rings. The highest BCUT2D eigenvalue weighted by Crippen LogP contribution is 2.23. The fourth-order valence-corrected chi connectivity index (χ4v) is 2.81. The molecule has 20 heavy (non-hydrogen) atoms. The predicted octanol–water partition coefficient (Wildman–Crippen LogP) is 3.32. The summed E-state index contributed by atoms with van der Waals surface area (Å²) in [5, 5.41) is 4.90. The third-order valence-electron chi connectivity index (χ3n) is 3.40. The van der Waals surface area contributed by atoms with Gasteiger partial charge in [-0.3, -0.25) is 0 Å². The zero-order chi connectivity index (χ0) is 14.4. The summed E-state index contributed by atoms with van der Waals surface area (Å²) >= 11 is 12.2. The first kappa shape index (κ1) is 16.1. The molecule has 0 aliphatic carbocycles. The standard InChI is InChI=1S/C15H21Cl2NO2/c1-2-5-18-14(15-10-19-6-7-20-15)8-11-3-4-12(16)9-13(11)17/h3-4,9,14-15,18H,2,5-8,10H2,1H3. The summed E-state index contributed by atoms with van der Waals surface area (Å²) in [4.78, 5) is 0. The van der Waals surface area contributed by atoms with Gasteiger partial charge in [0.1, 0.15) is 0 Å². The molecule has 5 heteroatoms. The summed E-state index contributed by atoms with van der Waals surface area (Å²) in [5.41, 5.74) is 1.08. The maximum atomic E-state index is 6.26. The number of benzene rings is 1. The second kappa shape index (κ2) is 8.20. The van der Waals surface area contributed by atoms with E-state index in [0.29, 0.717) is 29.9 Å². The van der Waals surface area contributed by atoms with E-state index in [0.717, 1.165) is 24.9 Å². The topological polar surface area (TPSA) is 30.5 Å². The van der Waals surface area contributed by atoms with Gasteiger partial charge in [0.15, 0.2) is 0 Å². The first-order valence-electron chi connectivity index (χ1n) is 7.07. The van der Waals surface area contributed by atoms with Crippen molar-refractivity contribution in [2.24, 2.45) is 0 Å². The third kappa shape index (κ3) is 4.61. The van der Waals surface area contributed by atoms with E-state index in [9.17, 15) is 0 Å². The van der Waals surface area contributed by atoms with E-state index in [2.05, 4.69) is 12.2 Å². The molecule has 1 N–H and O–H groups in total. The van der Waals surface area contributed by atoms with Crippen LogP contribution in [0.1, 0.15) is 18.9 Å². The monoisotopic (exact) mass is 317 g/mol. The molecule has 2 atom stereocenters. The Labute approximate surface area is 130 Å². The van der Waals surface area contributed by atoms with Crippen LogP contribution in [0.5, 0.6) is 0 Å². The zero-order valence-corrected chi connectivity index (χ0v) is 13.2. The van der Waals surface area contributed by atoms with Crippen LogP contribution in [0.25, 0.3) is 0 Å². The minimum atomic E-state index is 0.0713. The molecule has 0 saturated carbocycles. The van der Waals surface area contributed by atoms with Gasteiger partial charge in [-0.15, -0.1) is 0 Å². The lowest BCUT2D eigenvalue weighted by Gasteiger charge is -2.31. The van der Waals surface area contributed by atoms with Crippen LogP contribution in [0.3, 0.4) is 0 Å². The maximum absolute atomic E-state index is 6.26. The number of nitrogens with one attached hydrogen (secondary N) is 1. The van der Waals surface area contributed by atoms with Crippen molar-refractivity contribution >= 4 is 23.2 Å². The Bertz CT molecular complexity index is 422. The fourth-order valence-electron chi connectivity index (χ4n) is 2.33. The van der Waals surface area contributed by atoms with Gasteiger partial charge >= 0.3 is 0 Å². The molecule has 0 radical (unpaired) electrons. The van der Waals surface area contributed by atoms with Crippen LogP contribution in [-0.2, 0) is 15.9 Å². The van der Waals surface area contributed by atoms with Crippen LogP contribution in [0.15, 0.2) is 18.2 Å². The van der Waals surface area contributed by atoms with Crippen molar-refractivity contribution in [3.8, 4) is 0 Å². The van der Waals surface area contributed by atoms with Crippen molar-refractivity contribution in [1.29, 1.82) is 0 Å². The predicted molar refractivity (Wildman–Crippen MR) is 82.8 cm³/mol. The summed E-state index contributed by atoms with van der Waals surface area (Å²) in [5.74, 6) is 0. The lowest BCUT2D eigenvalue weighted by molar-refractivity contribution is -0.101. The highest BCUT2D eigenvalue weighted by Gasteiger charge is 2.25. The van der Waals surface area contributed by atoms with Crippen LogP contribution in [0.4, 0.5) is 0 Å². The zero-order valence-electron chi connectivity index (χ0n) is 11.7. The van der Waals surface area contributed by atoms with Crippen molar-refractivity contribution < 1.29 is 9.47 Å². The molecule has 0 bridgehead atoms. The SMILES string of the molecule is CCCNC(Cc1ccc(Cl)cc1Cl)C1COCCO1. The van der Waals surface area contributed by atoms with Crippen LogP contribution < -0.4 is 5.32 Å². The highest BCUT2D eigenvalue weighted by molar-refractivity contribution is 6.35. The molecule has 2 rings (SSSR count). The van der Waals surface area contributed by atoms with E-state index in [-0.39, 0.29) is 12.1 Å². The third-order valence-corrected chi connectivity index (χ3v) is 3.99. The molecule has 1 heterocycles. The number of hydrogen-bond acceptors (Lipinski definition) is 3. The minimum absolute atomic E-state index is 0.0713. The van der Waals surface area contributed by atoms with Crippen LogP contribution >= 0.6 is 23.2 Å². The average Bonchev–Trinajstić information content (AvgIpc) is 2.46. The quantitative estimate of drug-likeness (QED) is 0.873. The summed E-state index contributed by atoms with van der Waals surface area (Å²) in [6, 6.07) is 5.84. The van der Waals surface area contributed by atoms with E-state index in [1.165, 1.54) is 0 Å². The van der Waals surface area contributed by atoms with E-state index in [4.69, 9.17) is 32.7 Å². The van der Waals surface area contributed by atoms with Gasteiger partial charge in [-0.2, -0.15) is 0 Å². The second-order valence-electron chi connectivity index (χ2n) is 4.98. The Morgan fingerprint density at radius 2 is 2.20 bits per heavy atom. The van der Waals surface area contributed by atoms with Crippen molar-refractivity contribution in [1.82, 2.24) is 5.32 Å². The Kier molecular flexibility index (Phi) is 6.59. The average molecular weight is 318 g/mol. The van der Waals surface area contributed by atoms with Crippen molar-refractivity contribution in [2.45, 2.75) is 31.9 Å². The van der Waals surface area contributed by atoms with Gasteiger partial charge in [0, 0.05) is 16.1 Å². The molecule has 1 saturated heterocycles.